The molecule has 2 aromatic carbocycles. The number of benzene rings is 2. The Kier molecular flexibility index (Phi) is 9.22. The van der Waals surface area contributed by atoms with Crippen LogP contribution in [-0.4, -0.2) is 54.6 Å². The number of amides is 3. The highest BCUT2D eigenvalue weighted by molar-refractivity contribution is 6.00. The number of methoxy groups -OCH3 is 1. The molecule has 0 radical (unpaired) electrons. The topological polar surface area (TPSA) is 132 Å². The first-order valence-corrected chi connectivity index (χ1v) is 11.2. The van der Waals surface area contributed by atoms with Crippen LogP contribution in [0.25, 0.3) is 0 Å². The van der Waals surface area contributed by atoms with Crippen LogP contribution in [0.3, 0.4) is 0 Å². The van der Waals surface area contributed by atoms with Crippen molar-refractivity contribution in [1.29, 1.82) is 0 Å². The highest BCUT2D eigenvalue weighted by atomic mass is 16.7. The Morgan fingerprint density at radius 3 is 2.31 bits per heavy atom. The monoisotopic (exact) mass is 482 g/mol. The molecule has 0 saturated heterocycles. The van der Waals surface area contributed by atoms with E-state index in [0.29, 0.717) is 5.88 Å². The Bertz CT molecular complexity index is 1030. The van der Waals surface area contributed by atoms with E-state index in [-0.39, 0.29) is 19.6 Å². The van der Waals surface area contributed by atoms with Crippen molar-refractivity contribution in [3.8, 4) is 0 Å². The highest BCUT2D eigenvalue weighted by Gasteiger charge is 2.36. The number of carbonyl (C=O) groups excluding carboxylic acids is 3. The van der Waals surface area contributed by atoms with Gasteiger partial charge in [0.1, 0.15) is 18.8 Å². The molecule has 1 heterocycles. The molecule has 3 amide bonds. The summed E-state index contributed by atoms with van der Waals surface area (Å²) in [5.41, 5.74) is 10.3. The molecule has 10 heteroatoms. The van der Waals surface area contributed by atoms with Crippen LogP contribution in [0.2, 0.25) is 0 Å². The zero-order chi connectivity index (χ0) is 25.2. The SMILES string of the molecule is COC1=CC(CNC(=O)[C@H](C)N(C(=O)OCc2ccccc2)C(=O)[C@@H](N)Cc2ccccc2)ON1. The van der Waals surface area contributed by atoms with Crippen molar-refractivity contribution in [3.05, 3.63) is 83.7 Å². The summed E-state index contributed by atoms with van der Waals surface area (Å²) in [5.74, 6) is -0.856. The summed E-state index contributed by atoms with van der Waals surface area (Å²) in [4.78, 5) is 45.1. The average Bonchev–Trinajstić information content (AvgIpc) is 3.35. The molecule has 0 fully saturated rings. The lowest BCUT2D eigenvalue weighted by molar-refractivity contribution is -0.139. The van der Waals surface area contributed by atoms with Crippen molar-refractivity contribution in [2.45, 2.75) is 38.1 Å². The average molecular weight is 483 g/mol. The van der Waals surface area contributed by atoms with E-state index in [1.54, 1.807) is 30.3 Å². The van der Waals surface area contributed by atoms with Crippen molar-refractivity contribution in [2.75, 3.05) is 13.7 Å². The number of hydroxylamine groups is 1. The van der Waals surface area contributed by atoms with Crippen molar-refractivity contribution in [2.24, 2.45) is 5.73 Å². The molecule has 0 aromatic heterocycles. The maximum Gasteiger partial charge on any atom is 0.417 e. The summed E-state index contributed by atoms with van der Waals surface area (Å²) in [5, 5.41) is 2.68. The summed E-state index contributed by atoms with van der Waals surface area (Å²) < 4.78 is 10.4. The number of rotatable bonds is 10. The number of carbonyl (C=O) groups is 3. The van der Waals surface area contributed by atoms with Gasteiger partial charge in [0.05, 0.1) is 19.7 Å². The van der Waals surface area contributed by atoms with Gasteiger partial charge < -0.3 is 20.5 Å². The van der Waals surface area contributed by atoms with Gasteiger partial charge in [-0.05, 0) is 24.5 Å². The van der Waals surface area contributed by atoms with E-state index in [1.807, 2.05) is 36.4 Å². The van der Waals surface area contributed by atoms with Gasteiger partial charge in [-0.15, -0.1) is 0 Å². The van der Waals surface area contributed by atoms with Crippen molar-refractivity contribution < 1.29 is 28.7 Å². The Balaban J connectivity index is 1.69. The van der Waals surface area contributed by atoms with Gasteiger partial charge >= 0.3 is 6.09 Å². The van der Waals surface area contributed by atoms with E-state index in [4.69, 9.17) is 20.0 Å². The van der Waals surface area contributed by atoms with Gasteiger partial charge in [-0.3, -0.25) is 14.4 Å². The smallest absolute Gasteiger partial charge is 0.417 e. The minimum absolute atomic E-state index is 0.0577. The van der Waals surface area contributed by atoms with Crippen LogP contribution in [0.15, 0.2) is 72.6 Å². The third-order valence-electron chi connectivity index (χ3n) is 5.37. The Morgan fingerprint density at radius 2 is 1.71 bits per heavy atom. The minimum atomic E-state index is -1.17. The molecule has 1 aliphatic rings. The van der Waals surface area contributed by atoms with Crippen molar-refractivity contribution in [3.63, 3.8) is 0 Å². The van der Waals surface area contributed by atoms with Gasteiger partial charge in [0.15, 0.2) is 0 Å². The van der Waals surface area contributed by atoms with Gasteiger partial charge in [-0.1, -0.05) is 60.7 Å². The number of hydrogen-bond acceptors (Lipinski definition) is 8. The van der Waals surface area contributed by atoms with Crippen molar-refractivity contribution >= 4 is 17.9 Å². The lowest BCUT2D eigenvalue weighted by atomic mass is 10.0. The molecule has 0 spiro atoms. The normalized spacial score (nSPS) is 16.3. The molecule has 2 aromatic rings. The molecule has 186 valence electrons. The second-order valence-electron chi connectivity index (χ2n) is 7.96. The predicted molar refractivity (Wildman–Crippen MR) is 127 cm³/mol. The molecule has 10 nitrogen and oxygen atoms in total. The molecule has 3 atom stereocenters. The maximum absolute atomic E-state index is 13.2. The molecule has 0 aliphatic carbocycles. The molecular formula is C25H30N4O6. The van der Waals surface area contributed by atoms with Gasteiger partial charge in [0, 0.05) is 6.08 Å². The fourth-order valence-corrected chi connectivity index (χ4v) is 3.41. The van der Waals surface area contributed by atoms with Crippen LogP contribution >= 0.6 is 0 Å². The van der Waals surface area contributed by atoms with E-state index in [2.05, 4.69) is 10.8 Å². The lowest BCUT2D eigenvalue weighted by Gasteiger charge is -2.28. The number of nitrogens with zero attached hydrogens (tertiary/aromatic N) is 1. The Labute approximate surface area is 204 Å². The second-order valence-corrected chi connectivity index (χ2v) is 7.96. The molecular weight excluding hydrogens is 452 g/mol. The van der Waals surface area contributed by atoms with E-state index in [9.17, 15) is 14.4 Å². The van der Waals surface area contributed by atoms with Crippen LogP contribution in [-0.2, 0) is 36.9 Å². The van der Waals surface area contributed by atoms with E-state index >= 15 is 0 Å². The van der Waals surface area contributed by atoms with Crippen LogP contribution in [0, 0.1) is 0 Å². The molecule has 0 saturated carbocycles. The zero-order valence-electron chi connectivity index (χ0n) is 19.7. The Morgan fingerprint density at radius 1 is 1.09 bits per heavy atom. The molecule has 35 heavy (non-hydrogen) atoms. The summed E-state index contributed by atoms with van der Waals surface area (Å²) in [7, 11) is 1.48. The zero-order valence-corrected chi connectivity index (χ0v) is 19.7. The molecule has 1 aliphatic heterocycles. The fourth-order valence-electron chi connectivity index (χ4n) is 3.41. The standard InChI is InChI=1S/C25H30N4O6/c1-17(23(30)27-15-20-14-22(33-2)28-35-20)29(25(32)34-16-19-11-7-4-8-12-19)24(31)21(26)13-18-9-5-3-6-10-18/h3-12,14,17,20-21,28H,13,15-16,26H2,1-2H3,(H,27,30)/t17-,20?,21-/m0/s1. The highest BCUT2D eigenvalue weighted by Crippen LogP contribution is 2.12. The lowest BCUT2D eigenvalue weighted by Crippen LogP contribution is -2.56. The number of imide groups is 1. The van der Waals surface area contributed by atoms with Crippen LogP contribution in [0.1, 0.15) is 18.1 Å². The first-order valence-electron chi connectivity index (χ1n) is 11.2. The van der Waals surface area contributed by atoms with E-state index in [0.717, 1.165) is 16.0 Å². The fraction of sp³-hybridized carbons (Fsp3) is 0.320. The van der Waals surface area contributed by atoms with E-state index < -0.39 is 36.1 Å². The number of ether oxygens (including phenoxy) is 2. The maximum atomic E-state index is 13.2. The number of nitrogens with one attached hydrogen (secondary N) is 2. The van der Waals surface area contributed by atoms with Crippen LogP contribution in [0.5, 0.6) is 0 Å². The van der Waals surface area contributed by atoms with Gasteiger partial charge in [-0.2, -0.15) is 0 Å². The molecule has 4 N–H and O–H groups in total. The third kappa shape index (κ3) is 7.29. The Hall–Kier alpha value is -3.89. The van der Waals surface area contributed by atoms with Crippen LogP contribution < -0.4 is 16.5 Å². The molecule has 1 unspecified atom stereocenters. The predicted octanol–water partition coefficient (Wildman–Crippen LogP) is 1.62. The minimum Gasteiger partial charge on any atom is -0.481 e. The quantitative estimate of drug-likeness (QED) is 0.465. The molecule has 3 rings (SSSR count). The molecule has 0 bridgehead atoms. The third-order valence-corrected chi connectivity index (χ3v) is 5.37. The van der Waals surface area contributed by atoms with Gasteiger partial charge in [0.25, 0.3) is 0 Å². The van der Waals surface area contributed by atoms with Crippen molar-refractivity contribution in [1.82, 2.24) is 15.7 Å². The summed E-state index contributed by atoms with van der Waals surface area (Å²) in [6, 6.07) is 16.0. The number of hydrogen-bond donors (Lipinski definition) is 3. The summed E-state index contributed by atoms with van der Waals surface area (Å²) >= 11 is 0. The van der Waals surface area contributed by atoms with Crippen LogP contribution in [0.4, 0.5) is 4.79 Å². The first kappa shape index (κ1) is 25.7. The summed E-state index contributed by atoms with van der Waals surface area (Å²) in [6.45, 7) is 1.48. The number of nitrogens with two attached hydrogens (primary N) is 1. The van der Waals surface area contributed by atoms with Gasteiger partial charge in [-0.25, -0.2) is 15.2 Å². The van der Waals surface area contributed by atoms with Gasteiger partial charge in [0.2, 0.25) is 17.7 Å². The van der Waals surface area contributed by atoms with E-state index in [1.165, 1.54) is 14.0 Å². The summed E-state index contributed by atoms with van der Waals surface area (Å²) in [6.07, 6.45) is 0.418. The first-order chi connectivity index (χ1) is 16.9. The largest absolute Gasteiger partial charge is 0.481 e. The second kappa shape index (κ2) is 12.5.